The molecule has 0 spiro atoms. The molecule has 0 radical (unpaired) electrons. The summed E-state index contributed by atoms with van der Waals surface area (Å²) in [5.41, 5.74) is 0. The highest BCUT2D eigenvalue weighted by atomic mass is 16.5. The Morgan fingerprint density at radius 1 is 1.67 bits per heavy atom. The molecule has 0 aromatic rings. The molecule has 1 rings (SSSR count). The van der Waals surface area contributed by atoms with Crippen molar-refractivity contribution < 1.29 is 19.4 Å². The maximum absolute atomic E-state index is 10.7. The zero-order chi connectivity index (χ0) is 8.97. The summed E-state index contributed by atoms with van der Waals surface area (Å²) in [7, 11) is 0. The Morgan fingerprint density at radius 2 is 2.42 bits per heavy atom. The second kappa shape index (κ2) is 4.06. The van der Waals surface area contributed by atoms with Crippen LogP contribution >= 0.6 is 0 Å². The lowest BCUT2D eigenvalue weighted by molar-refractivity contribution is -0.151. The van der Waals surface area contributed by atoms with E-state index in [-0.39, 0.29) is 18.9 Å². The number of cyclic esters (lactones) is 1. The second-order valence-electron chi connectivity index (χ2n) is 2.64. The van der Waals surface area contributed by atoms with Gasteiger partial charge < -0.3 is 9.84 Å². The first-order valence-electron chi connectivity index (χ1n) is 3.78. The number of hydrogen-bond donors (Lipinski definition) is 1. The summed E-state index contributed by atoms with van der Waals surface area (Å²) in [5, 5.41) is 8.37. The van der Waals surface area contributed by atoms with Crippen LogP contribution in [0.3, 0.4) is 0 Å². The minimum absolute atomic E-state index is 0.0767. The number of carboxylic acid groups (broad SMARTS) is 1. The van der Waals surface area contributed by atoms with Crippen molar-refractivity contribution in [3.8, 4) is 0 Å². The molecule has 5 heteroatoms. The van der Waals surface area contributed by atoms with E-state index in [2.05, 4.69) is 4.74 Å². The number of aliphatic carboxylic acids is 1. The summed E-state index contributed by atoms with van der Waals surface area (Å²) in [6.07, 6.45) is 0.0767. The number of morpholine rings is 1. The quantitative estimate of drug-likeness (QED) is 0.573. The van der Waals surface area contributed by atoms with E-state index in [1.807, 2.05) is 0 Å². The highest BCUT2D eigenvalue weighted by Gasteiger charge is 2.17. The number of hydrogen-bond acceptors (Lipinski definition) is 4. The highest BCUT2D eigenvalue weighted by molar-refractivity contribution is 5.72. The van der Waals surface area contributed by atoms with Gasteiger partial charge in [0.15, 0.2) is 0 Å². The van der Waals surface area contributed by atoms with Crippen LogP contribution in [0.5, 0.6) is 0 Å². The molecule has 0 saturated carbocycles. The maximum Gasteiger partial charge on any atom is 0.320 e. The first-order valence-corrected chi connectivity index (χ1v) is 3.78. The van der Waals surface area contributed by atoms with Crippen LogP contribution in [0.15, 0.2) is 0 Å². The fourth-order valence-corrected chi connectivity index (χ4v) is 1.04. The number of carbonyl (C=O) groups is 2. The van der Waals surface area contributed by atoms with Crippen LogP contribution in [-0.4, -0.2) is 48.2 Å². The molecule has 0 aromatic heterocycles. The van der Waals surface area contributed by atoms with Crippen molar-refractivity contribution in [3.05, 3.63) is 0 Å². The van der Waals surface area contributed by atoms with Gasteiger partial charge in [-0.05, 0) is 0 Å². The molecule has 1 aliphatic rings. The Bertz CT molecular complexity index is 192. The fraction of sp³-hybridized carbons (Fsp3) is 0.714. The number of carbonyl (C=O) groups excluding carboxylic acids is 1. The predicted molar refractivity (Wildman–Crippen MR) is 39.7 cm³/mol. The smallest absolute Gasteiger partial charge is 0.320 e. The topological polar surface area (TPSA) is 66.8 Å². The molecule has 12 heavy (non-hydrogen) atoms. The van der Waals surface area contributed by atoms with Gasteiger partial charge in [-0.25, -0.2) is 0 Å². The van der Waals surface area contributed by atoms with Crippen LogP contribution in [0.1, 0.15) is 6.42 Å². The van der Waals surface area contributed by atoms with E-state index < -0.39 is 5.97 Å². The van der Waals surface area contributed by atoms with Gasteiger partial charge in [0, 0.05) is 13.1 Å². The number of esters is 1. The van der Waals surface area contributed by atoms with E-state index in [0.29, 0.717) is 19.7 Å². The van der Waals surface area contributed by atoms with Crippen LogP contribution in [-0.2, 0) is 14.3 Å². The molecule has 0 aromatic carbocycles. The number of rotatable bonds is 3. The molecule has 1 aliphatic heterocycles. The molecule has 1 saturated heterocycles. The van der Waals surface area contributed by atoms with Crippen LogP contribution in [0, 0.1) is 0 Å². The molecular weight excluding hydrogens is 162 g/mol. The third kappa shape index (κ3) is 2.87. The van der Waals surface area contributed by atoms with Crippen molar-refractivity contribution in [2.75, 3.05) is 26.2 Å². The standard InChI is InChI=1S/C7H11NO4/c9-6(10)1-2-8-3-4-12-7(11)5-8/h1-5H2,(H,9,10). The van der Waals surface area contributed by atoms with E-state index in [1.165, 1.54) is 0 Å². The molecule has 0 unspecified atom stereocenters. The lowest BCUT2D eigenvalue weighted by Gasteiger charge is -2.24. The van der Waals surface area contributed by atoms with Gasteiger partial charge in [-0.2, -0.15) is 0 Å². The van der Waals surface area contributed by atoms with Gasteiger partial charge in [-0.1, -0.05) is 0 Å². The first-order chi connectivity index (χ1) is 5.68. The van der Waals surface area contributed by atoms with Gasteiger partial charge in [0.2, 0.25) is 0 Å². The van der Waals surface area contributed by atoms with Crippen LogP contribution in [0.25, 0.3) is 0 Å². The van der Waals surface area contributed by atoms with E-state index >= 15 is 0 Å². The van der Waals surface area contributed by atoms with Crippen molar-refractivity contribution in [1.29, 1.82) is 0 Å². The maximum atomic E-state index is 10.7. The third-order valence-corrected chi connectivity index (χ3v) is 1.67. The SMILES string of the molecule is O=C(O)CCN1CCOC(=O)C1. The molecule has 0 aliphatic carbocycles. The van der Waals surface area contributed by atoms with Gasteiger partial charge in [-0.3, -0.25) is 14.5 Å². The Morgan fingerprint density at radius 3 is 3.00 bits per heavy atom. The summed E-state index contributed by atoms with van der Waals surface area (Å²) in [6.45, 7) is 1.65. The molecule has 1 N–H and O–H groups in total. The van der Waals surface area contributed by atoms with Crippen LogP contribution < -0.4 is 0 Å². The number of nitrogens with zero attached hydrogens (tertiary/aromatic N) is 1. The molecule has 1 heterocycles. The van der Waals surface area contributed by atoms with E-state index in [9.17, 15) is 9.59 Å². The van der Waals surface area contributed by atoms with Gasteiger partial charge in [0.25, 0.3) is 0 Å². The summed E-state index contributed by atoms with van der Waals surface area (Å²) >= 11 is 0. The molecule has 1 fully saturated rings. The van der Waals surface area contributed by atoms with Crippen molar-refractivity contribution in [2.45, 2.75) is 6.42 Å². The zero-order valence-corrected chi connectivity index (χ0v) is 6.65. The molecule has 0 amide bonds. The van der Waals surface area contributed by atoms with Crippen LogP contribution in [0.4, 0.5) is 0 Å². The monoisotopic (exact) mass is 173 g/mol. The summed E-state index contributed by atoms with van der Waals surface area (Å²) in [4.78, 5) is 22.7. The third-order valence-electron chi connectivity index (χ3n) is 1.67. The Hall–Kier alpha value is -1.10. The molecule has 68 valence electrons. The minimum Gasteiger partial charge on any atom is -0.481 e. The van der Waals surface area contributed by atoms with Gasteiger partial charge >= 0.3 is 11.9 Å². The summed E-state index contributed by atoms with van der Waals surface area (Å²) < 4.78 is 4.69. The molecule has 0 atom stereocenters. The lowest BCUT2D eigenvalue weighted by Crippen LogP contribution is -2.40. The largest absolute Gasteiger partial charge is 0.481 e. The minimum atomic E-state index is -0.839. The second-order valence-corrected chi connectivity index (χ2v) is 2.64. The summed E-state index contributed by atoms with van der Waals surface area (Å²) in [6, 6.07) is 0. The molecular formula is C7H11NO4. The van der Waals surface area contributed by atoms with E-state index in [0.717, 1.165) is 0 Å². The zero-order valence-electron chi connectivity index (χ0n) is 6.65. The average Bonchev–Trinajstić information content (AvgIpc) is 2.01. The van der Waals surface area contributed by atoms with Gasteiger partial charge in [-0.15, -0.1) is 0 Å². The normalized spacial score (nSPS) is 18.8. The fourth-order valence-electron chi connectivity index (χ4n) is 1.04. The highest BCUT2D eigenvalue weighted by Crippen LogP contribution is 1.98. The Balaban J connectivity index is 2.23. The predicted octanol–water partition coefficient (Wildman–Crippen LogP) is -0.680. The Labute approximate surface area is 69.9 Å². The van der Waals surface area contributed by atoms with Gasteiger partial charge in [0.1, 0.15) is 6.61 Å². The van der Waals surface area contributed by atoms with Crippen molar-refractivity contribution in [1.82, 2.24) is 4.90 Å². The summed E-state index contributed by atoms with van der Waals surface area (Å²) in [5.74, 6) is -1.11. The average molecular weight is 173 g/mol. The number of carboxylic acids is 1. The van der Waals surface area contributed by atoms with Crippen LogP contribution in [0.2, 0.25) is 0 Å². The van der Waals surface area contributed by atoms with E-state index in [4.69, 9.17) is 5.11 Å². The molecule has 5 nitrogen and oxygen atoms in total. The van der Waals surface area contributed by atoms with E-state index in [1.54, 1.807) is 4.90 Å². The number of ether oxygens (including phenoxy) is 1. The first kappa shape index (κ1) is 8.99. The molecule has 0 bridgehead atoms. The van der Waals surface area contributed by atoms with Gasteiger partial charge in [0.05, 0.1) is 13.0 Å². The Kier molecular flexibility index (Phi) is 3.04. The van der Waals surface area contributed by atoms with Crippen molar-refractivity contribution in [2.24, 2.45) is 0 Å². The van der Waals surface area contributed by atoms with Crippen molar-refractivity contribution in [3.63, 3.8) is 0 Å². The lowest BCUT2D eigenvalue weighted by atomic mass is 10.3. The van der Waals surface area contributed by atoms with Crippen molar-refractivity contribution >= 4 is 11.9 Å².